The van der Waals surface area contributed by atoms with Crippen molar-refractivity contribution in [1.82, 2.24) is 5.32 Å². The van der Waals surface area contributed by atoms with E-state index in [-0.39, 0.29) is 17.9 Å². The summed E-state index contributed by atoms with van der Waals surface area (Å²) in [6, 6.07) is 7.79. The van der Waals surface area contributed by atoms with E-state index < -0.39 is 0 Å². The third-order valence-corrected chi connectivity index (χ3v) is 5.10. The van der Waals surface area contributed by atoms with Gasteiger partial charge in [0.25, 0.3) is 0 Å². The lowest BCUT2D eigenvalue weighted by Gasteiger charge is -2.37. The molecule has 2 fully saturated rings. The quantitative estimate of drug-likeness (QED) is 0.793. The van der Waals surface area contributed by atoms with Crippen molar-refractivity contribution in [2.45, 2.75) is 32.1 Å². The fourth-order valence-corrected chi connectivity index (χ4v) is 3.83. The predicted octanol–water partition coefficient (Wildman–Crippen LogP) is 1.94. The van der Waals surface area contributed by atoms with Crippen LogP contribution in [0.3, 0.4) is 0 Å². The van der Waals surface area contributed by atoms with Crippen molar-refractivity contribution in [3.63, 3.8) is 0 Å². The van der Waals surface area contributed by atoms with Crippen molar-refractivity contribution in [2.75, 3.05) is 25.0 Å². The molecule has 3 N–H and O–H groups in total. The summed E-state index contributed by atoms with van der Waals surface area (Å²) in [5, 5.41) is 15.4. The fourth-order valence-electron chi connectivity index (χ4n) is 3.83. The van der Waals surface area contributed by atoms with E-state index >= 15 is 0 Å². The molecule has 4 nitrogen and oxygen atoms in total. The van der Waals surface area contributed by atoms with Gasteiger partial charge in [-0.25, -0.2) is 0 Å². The second-order valence-electron chi connectivity index (χ2n) is 6.35. The molecule has 1 heterocycles. The monoisotopic (exact) mass is 288 g/mol. The highest BCUT2D eigenvalue weighted by molar-refractivity contribution is 5.96. The Morgan fingerprint density at radius 3 is 2.90 bits per heavy atom. The number of hydrogen-bond donors (Lipinski definition) is 3. The van der Waals surface area contributed by atoms with Gasteiger partial charge in [-0.05, 0) is 49.4 Å². The molecular formula is C17H24N2O2. The van der Waals surface area contributed by atoms with Gasteiger partial charge >= 0.3 is 0 Å². The van der Waals surface area contributed by atoms with Gasteiger partial charge in [-0.15, -0.1) is 0 Å². The molecule has 0 bridgehead atoms. The molecule has 114 valence electrons. The van der Waals surface area contributed by atoms with E-state index in [1.807, 2.05) is 24.3 Å². The molecule has 21 heavy (non-hydrogen) atoms. The highest BCUT2D eigenvalue weighted by Gasteiger charge is 2.49. The van der Waals surface area contributed by atoms with Crippen LogP contribution in [0.25, 0.3) is 0 Å². The van der Waals surface area contributed by atoms with E-state index in [2.05, 4.69) is 10.6 Å². The Morgan fingerprint density at radius 2 is 2.14 bits per heavy atom. The lowest BCUT2D eigenvalue weighted by Crippen LogP contribution is -2.44. The smallest absolute Gasteiger partial charge is 0.232 e. The third kappa shape index (κ3) is 2.83. The number of fused-ring (bicyclic) bond motifs is 1. The Morgan fingerprint density at radius 1 is 1.33 bits per heavy atom. The molecule has 1 aromatic carbocycles. The number of aliphatic hydroxyl groups excluding tert-OH is 1. The maximum Gasteiger partial charge on any atom is 0.232 e. The molecule has 0 aromatic heterocycles. The standard InChI is InChI=1S/C17H24N2O2/c20-10-8-13-4-6-15(7-5-13)19-16(21)17-9-2-1-3-14(17)11-18-12-17/h4-7,14,18,20H,1-3,8-12H2,(H,19,21)/t14-,17+/m0/s1. The van der Waals surface area contributed by atoms with E-state index in [0.717, 1.165) is 43.6 Å². The Bertz CT molecular complexity index is 500. The van der Waals surface area contributed by atoms with Gasteiger partial charge in [0, 0.05) is 18.8 Å². The Labute approximate surface area is 125 Å². The van der Waals surface area contributed by atoms with Gasteiger partial charge in [0.05, 0.1) is 5.41 Å². The SMILES string of the molecule is O=C(Nc1ccc(CCO)cc1)[C@@]12CCCC[C@H]1CNC2. The summed E-state index contributed by atoms with van der Waals surface area (Å²) >= 11 is 0. The second-order valence-corrected chi connectivity index (χ2v) is 6.35. The van der Waals surface area contributed by atoms with Gasteiger partial charge in [0.15, 0.2) is 0 Å². The van der Waals surface area contributed by atoms with Crippen LogP contribution in [0.15, 0.2) is 24.3 Å². The molecule has 2 aliphatic rings. The van der Waals surface area contributed by atoms with Crippen LogP contribution >= 0.6 is 0 Å². The molecule has 2 atom stereocenters. The van der Waals surface area contributed by atoms with Crippen LogP contribution in [0.1, 0.15) is 31.2 Å². The van der Waals surface area contributed by atoms with Crippen molar-refractivity contribution < 1.29 is 9.90 Å². The van der Waals surface area contributed by atoms with Crippen LogP contribution in [-0.2, 0) is 11.2 Å². The van der Waals surface area contributed by atoms with Crippen molar-refractivity contribution in [3.05, 3.63) is 29.8 Å². The number of aliphatic hydroxyl groups is 1. The van der Waals surface area contributed by atoms with Crippen molar-refractivity contribution in [1.29, 1.82) is 0 Å². The van der Waals surface area contributed by atoms with E-state index in [1.165, 1.54) is 6.42 Å². The average Bonchev–Trinajstić information content (AvgIpc) is 2.95. The number of benzene rings is 1. The number of nitrogens with one attached hydrogen (secondary N) is 2. The minimum Gasteiger partial charge on any atom is -0.396 e. The molecule has 1 aliphatic heterocycles. The molecule has 0 unspecified atom stereocenters. The fraction of sp³-hybridized carbons (Fsp3) is 0.588. The van der Waals surface area contributed by atoms with Crippen LogP contribution in [0.4, 0.5) is 5.69 Å². The number of carbonyl (C=O) groups excluding carboxylic acids is 1. The Kier molecular flexibility index (Phi) is 4.27. The van der Waals surface area contributed by atoms with Gasteiger partial charge in [-0.1, -0.05) is 25.0 Å². The Balaban J connectivity index is 1.70. The Hall–Kier alpha value is -1.39. The van der Waals surface area contributed by atoms with Crippen molar-refractivity contribution in [2.24, 2.45) is 11.3 Å². The van der Waals surface area contributed by atoms with Crippen LogP contribution in [0.2, 0.25) is 0 Å². The number of rotatable bonds is 4. The largest absolute Gasteiger partial charge is 0.396 e. The zero-order valence-corrected chi connectivity index (χ0v) is 12.4. The summed E-state index contributed by atoms with van der Waals surface area (Å²) in [6.45, 7) is 1.94. The minimum atomic E-state index is -0.206. The first-order chi connectivity index (χ1) is 10.2. The molecule has 0 spiro atoms. The summed E-state index contributed by atoms with van der Waals surface area (Å²) in [4.78, 5) is 12.8. The molecule has 4 heteroatoms. The summed E-state index contributed by atoms with van der Waals surface area (Å²) in [7, 11) is 0. The van der Waals surface area contributed by atoms with Crippen LogP contribution in [0, 0.1) is 11.3 Å². The molecule has 1 saturated carbocycles. The lowest BCUT2D eigenvalue weighted by atomic mass is 9.67. The van der Waals surface area contributed by atoms with Gasteiger partial charge in [0.1, 0.15) is 0 Å². The van der Waals surface area contributed by atoms with Crippen LogP contribution < -0.4 is 10.6 Å². The number of amides is 1. The van der Waals surface area contributed by atoms with Gasteiger partial charge < -0.3 is 15.7 Å². The van der Waals surface area contributed by atoms with E-state index in [4.69, 9.17) is 5.11 Å². The highest BCUT2D eigenvalue weighted by Crippen LogP contribution is 2.44. The number of anilines is 1. The summed E-state index contributed by atoms with van der Waals surface area (Å²) in [5.41, 5.74) is 1.74. The van der Waals surface area contributed by atoms with Gasteiger partial charge in [-0.3, -0.25) is 4.79 Å². The molecule has 0 radical (unpaired) electrons. The topological polar surface area (TPSA) is 61.4 Å². The average molecular weight is 288 g/mol. The van der Waals surface area contributed by atoms with E-state index in [1.54, 1.807) is 0 Å². The second kappa shape index (κ2) is 6.16. The maximum absolute atomic E-state index is 12.8. The third-order valence-electron chi connectivity index (χ3n) is 5.10. The van der Waals surface area contributed by atoms with Crippen LogP contribution in [0.5, 0.6) is 0 Å². The summed E-state index contributed by atoms with van der Waals surface area (Å²) in [5.74, 6) is 0.659. The van der Waals surface area contributed by atoms with E-state index in [9.17, 15) is 4.79 Å². The van der Waals surface area contributed by atoms with Crippen molar-refractivity contribution >= 4 is 11.6 Å². The molecule has 1 saturated heterocycles. The first-order valence-electron chi connectivity index (χ1n) is 7.96. The molecule has 1 aliphatic carbocycles. The van der Waals surface area contributed by atoms with Crippen LogP contribution in [-0.4, -0.2) is 30.7 Å². The first kappa shape index (κ1) is 14.5. The predicted molar refractivity (Wildman–Crippen MR) is 83.1 cm³/mol. The zero-order chi connectivity index (χ0) is 14.7. The normalized spacial score (nSPS) is 28.1. The first-order valence-corrected chi connectivity index (χ1v) is 7.96. The number of hydrogen-bond acceptors (Lipinski definition) is 3. The molecule has 3 rings (SSSR count). The lowest BCUT2D eigenvalue weighted by molar-refractivity contribution is -0.128. The summed E-state index contributed by atoms with van der Waals surface area (Å²) < 4.78 is 0. The number of carbonyl (C=O) groups is 1. The van der Waals surface area contributed by atoms with Crippen molar-refractivity contribution in [3.8, 4) is 0 Å². The van der Waals surface area contributed by atoms with Gasteiger partial charge in [0.2, 0.25) is 5.91 Å². The molecule has 1 amide bonds. The highest BCUT2D eigenvalue weighted by atomic mass is 16.3. The summed E-state index contributed by atoms with van der Waals surface area (Å²) in [6.07, 6.45) is 5.22. The van der Waals surface area contributed by atoms with Gasteiger partial charge in [-0.2, -0.15) is 0 Å². The zero-order valence-electron chi connectivity index (χ0n) is 12.4. The molecular weight excluding hydrogens is 264 g/mol. The minimum absolute atomic E-state index is 0.155. The maximum atomic E-state index is 12.8. The van der Waals surface area contributed by atoms with E-state index in [0.29, 0.717) is 12.3 Å². The molecule has 1 aromatic rings.